The van der Waals surface area contributed by atoms with Gasteiger partial charge in [0, 0.05) is 11.1 Å². The summed E-state index contributed by atoms with van der Waals surface area (Å²) in [5.41, 5.74) is 1.26. The molecule has 0 atom stereocenters. The van der Waals surface area contributed by atoms with Gasteiger partial charge in [0.15, 0.2) is 6.29 Å². The zero-order valence-corrected chi connectivity index (χ0v) is 10.2. The number of aldehydes is 1. The van der Waals surface area contributed by atoms with Gasteiger partial charge in [0.2, 0.25) is 0 Å². The molecule has 2 aromatic rings. The Hall–Kier alpha value is -1.26. The van der Waals surface area contributed by atoms with Crippen molar-refractivity contribution in [3.05, 3.63) is 33.9 Å². The molecule has 0 amide bonds. The molecule has 0 N–H and O–H groups in total. The van der Waals surface area contributed by atoms with Crippen LogP contribution in [0, 0.1) is 0 Å². The summed E-state index contributed by atoms with van der Waals surface area (Å²) in [6.07, 6.45) is 3.17. The summed E-state index contributed by atoms with van der Waals surface area (Å²) in [4.78, 5) is 20.2. The van der Waals surface area contributed by atoms with Gasteiger partial charge in [0.1, 0.15) is 10.7 Å². The zero-order valence-electron chi connectivity index (χ0n) is 8.61. The number of carbonyl (C=O) groups excluding carboxylic acids is 1. The molecule has 0 aromatic carbocycles. The molecule has 0 aliphatic carbocycles. The quantitative estimate of drug-likeness (QED) is 0.788. The molecule has 0 radical (unpaired) electrons. The molecule has 0 aliphatic rings. The molecule has 0 spiro atoms. The van der Waals surface area contributed by atoms with E-state index in [9.17, 15) is 4.79 Å². The van der Waals surface area contributed by atoms with Crippen LogP contribution in [0.1, 0.15) is 22.3 Å². The lowest BCUT2D eigenvalue weighted by molar-refractivity contribution is 0.111. The summed E-state index contributed by atoms with van der Waals surface area (Å²) in [6, 6.07) is 3.56. The van der Waals surface area contributed by atoms with E-state index >= 15 is 0 Å². The van der Waals surface area contributed by atoms with Gasteiger partial charge in [-0.3, -0.25) is 9.78 Å². The first-order valence-electron chi connectivity index (χ1n) is 4.81. The van der Waals surface area contributed by atoms with Crippen LogP contribution in [-0.2, 0) is 6.42 Å². The molecule has 0 bridgehead atoms. The predicted octanol–water partition coefficient (Wildman–Crippen LogP) is 3.23. The lowest BCUT2D eigenvalue weighted by Crippen LogP contribution is -1.86. The number of rotatable bonds is 3. The van der Waals surface area contributed by atoms with Crippen LogP contribution in [0.15, 0.2) is 18.3 Å². The predicted molar refractivity (Wildman–Crippen MR) is 65.1 cm³/mol. The maximum atomic E-state index is 10.8. The highest BCUT2D eigenvalue weighted by atomic mass is 35.5. The Morgan fingerprint density at radius 1 is 1.50 bits per heavy atom. The molecule has 2 heterocycles. The smallest absolute Gasteiger partial charge is 0.169 e. The average Bonchev–Trinajstić information content (AvgIpc) is 2.73. The first-order valence-corrected chi connectivity index (χ1v) is 6.01. The van der Waals surface area contributed by atoms with Gasteiger partial charge in [0.05, 0.1) is 10.7 Å². The lowest BCUT2D eigenvalue weighted by Gasteiger charge is -1.93. The van der Waals surface area contributed by atoms with Gasteiger partial charge in [-0.2, -0.15) is 0 Å². The Bertz CT molecular complexity index is 507. The minimum Gasteiger partial charge on any atom is -0.296 e. The van der Waals surface area contributed by atoms with E-state index in [1.165, 1.54) is 11.3 Å². The van der Waals surface area contributed by atoms with E-state index in [2.05, 4.69) is 9.97 Å². The van der Waals surface area contributed by atoms with Crippen LogP contribution in [0.25, 0.3) is 10.7 Å². The number of halogens is 1. The van der Waals surface area contributed by atoms with Crippen molar-refractivity contribution in [1.29, 1.82) is 0 Å². The molecule has 0 aliphatic heterocycles. The summed E-state index contributed by atoms with van der Waals surface area (Å²) in [7, 11) is 0. The van der Waals surface area contributed by atoms with Gasteiger partial charge in [-0.25, -0.2) is 4.98 Å². The fraction of sp³-hybridized carbons (Fsp3) is 0.182. The third-order valence-electron chi connectivity index (χ3n) is 2.11. The normalized spacial score (nSPS) is 10.4. The maximum absolute atomic E-state index is 10.8. The van der Waals surface area contributed by atoms with Crippen molar-refractivity contribution in [2.75, 3.05) is 0 Å². The molecule has 0 unspecified atom stereocenters. The highest BCUT2D eigenvalue weighted by molar-refractivity contribution is 7.15. The molecule has 82 valence electrons. The van der Waals surface area contributed by atoms with E-state index in [1.807, 2.05) is 6.92 Å². The topological polar surface area (TPSA) is 42.9 Å². The number of hydrogen-bond acceptors (Lipinski definition) is 4. The second kappa shape index (κ2) is 4.72. The van der Waals surface area contributed by atoms with Crippen LogP contribution >= 0.6 is 22.9 Å². The Labute approximate surface area is 102 Å². The van der Waals surface area contributed by atoms with Gasteiger partial charge in [-0.1, -0.05) is 18.5 Å². The second-order valence-corrected chi connectivity index (χ2v) is 4.68. The number of hydrogen-bond donors (Lipinski definition) is 0. The number of nitrogens with zero attached hydrogens (tertiary/aromatic N) is 2. The van der Waals surface area contributed by atoms with E-state index in [0.29, 0.717) is 10.7 Å². The van der Waals surface area contributed by atoms with Crippen molar-refractivity contribution in [3.63, 3.8) is 0 Å². The minimum atomic E-state index is 0.513. The van der Waals surface area contributed by atoms with Crippen LogP contribution < -0.4 is 0 Å². The standard InChI is InChI=1S/C11H9ClN2OS/c1-2-10-9(6-15)14-11(16-10)8-4-3-7(12)5-13-8/h3-6H,2H2,1H3. The molecule has 5 heteroatoms. The Balaban J connectivity index is 2.44. The Kier molecular flexibility index (Phi) is 3.31. The highest BCUT2D eigenvalue weighted by Gasteiger charge is 2.11. The fourth-order valence-electron chi connectivity index (χ4n) is 1.32. The van der Waals surface area contributed by atoms with Crippen LogP contribution in [0.4, 0.5) is 0 Å². The zero-order chi connectivity index (χ0) is 11.5. The summed E-state index contributed by atoms with van der Waals surface area (Å²) >= 11 is 7.25. The number of thiazole rings is 1. The molecule has 2 rings (SSSR count). The summed E-state index contributed by atoms with van der Waals surface area (Å²) < 4.78 is 0. The third-order valence-corrected chi connectivity index (χ3v) is 3.57. The lowest BCUT2D eigenvalue weighted by atomic mass is 10.3. The van der Waals surface area contributed by atoms with Gasteiger partial charge in [-0.05, 0) is 18.6 Å². The highest BCUT2D eigenvalue weighted by Crippen LogP contribution is 2.26. The Morgan fingerprint density at radius 3 is 2.81 bits per heavy atom. The Morgan fingerprint density at radius 2 is 2.31 bits per heavy atom. The van der Waals surface area contributed by atoms with Crippen molar-refractivity contribution in [2.45, 2.75) is 13.3 Å². The van der Waals surface area contributed by atoms with Crippen molar-refractivity contribution >= 4 is 29.2 Å². The van der Waals surface area contributed by atoms with E-state index in [-0.39, 0.29) is 0 Å². The monoisotopic (exact) mass is 252 g/mol. The molecule has 0 saturated heterocycles. The van der Waals surface area contributed by atoms with Gasteiger partial charge in [0.25, 0.3) is 0 Å². The van der Waals surface area contributed by atoms with Gasteiger partial charge in [-0.15, -0.1) is 11.3 Å². The number of pyridine rings is 1. The molecule has 16 heavy (non-hydrogen) atoms. The van der Waals surface area contributed by atoms with E-state index in [1.54, 1.807) is 18.3 Å². The maximum Gasteiger partial charge on any atom is 0.169 e. The SMILES string of the molecule is CCc1sc(-c2ccc(Cl)cn2)nc1C=O. The van der Waals surface area contributed by atoms with Crippen LogP contribution in [0.3, 0.4) is 0 Å². The minimum absolute atomic E-state index is 0.513. The number of aryl methyl sites for hydroxylation is 1. The first-order chi connectivity index (χ1) is 7.74. The van der Waals surface area contributed by atoms with Crippen LogP contribution in [0.5, 0.6) is 0 Å². The number of aromatic nitrogens is 2. The third kappa shape index (κ3) is 2.13. The van der Waals surface area contributed by atoms with E-state index in [0.717, 1.165) is 28.3 Å². The largest absolute Gasteiger partial charge is 0.296 e. The first kappa shape index (κ1) is 11.2. The van der Waals surface area contributed by atoms with E-state index in [4.69, 9.17) is 11.6 Å². The molecular formula is C11H9ClN2OS. The molecule has 3 nitrogen and oxygen atoms in total. The van der Waals surface area contributed by atoms with E-state index < -0.39 is 0 Å². The van der Waals surface area contributed by atoms with Crippen LogP contribution in [-0.4, -0.2) is 16.3 Å². The van der Waals surface area contributed by atoms with Crippen molar-refractivity contribution in [2.24, 2.45) is 0 Å². The van der Waals surface area contributed by atoms with Crippen molar-refractivity contribution in [1.82, 2.24) is 9.97 Å². The summed E-state index contributed by atoms with van der Waals surface area (Å²) in [5, 5.41) is 1.35. The fourth-order valence-corrected chi connectivity index (χ4v) is 2.38. The number of carbonyl (C=O) groups is 1. The molecule has 0 fully saturated rings. The van der Waals surface area contributed by atoms with Crippen molar-refractivity contribution < 1.29 is 4.79 Å². The molecular weight excluding hydrogens is 244 g/mol. The second-order valence-electron chi connectivity index (χ2n) is 3.16. The summed E-state index contributed by atoms with van der Waals surface area (Å²) in [5.74, 6) is 0. The summed E-state index contributed by atoms with van der Waals surface area (Å²) in [6.45, 7) is 2.00. The van der Waals surface area contributed by atoms with Crippen LogP contribution in [0.2, 0.25) is 5.02 Å². The molecule has 2 aromatic heterocycles. The van der Waals surface area contributed by atoms with Gasteiger partial charge < -0.3 is 0 Å². The van der Waals surface area contributed by atoms with Gasteiger partial charge >= 0.3 is 0 Å². The average molecular weight is 253 g/mol. The molecule has 0 saturated carbocycles. The van der Waals surface area contributed by atoms with Crippen molar-refractivity contribution in [3.8, 4) is 10.7 Å².